The van der Waals surface area contributed by atoms with Gasteiger partial charge in [-0.05, 0) is 232 Å². The van der Waals surface area contributed by atoms with E-state index in [-0.39, 0.29) is 76.9 Å². The Bertz CT molecular complexity index is 6180. The molecule has 139 heavy (non-hydrogen) atoms. The van der Waals surface area contributed by atoms with E-state index in [1.54, 1.807) is 24.8 Å². The number of hydrogen-bond donors (Lipinski definition) is 2. The Morgan fingerprint density at radius 2 is 0.460 bits per heavy atom. The van der Waals surface area contributed by atoms with Crippen molar-refractivity contribution in [1.82, 2.24) is 29.9 Å². The summed E-state index contributed by atoms with van der Waals surface area (Å²) in [4.78, 5) is 25.9. The molecular weight excluding hydrogens is 2260 g/mol. The van der Waals surface area contributed by atoms with Gasteiger partial charge in [0.25, 0.3) is 0 Å². The van der Waals surface area contributed by atoms with Crippen LogP contribution in [0.5, 0.6) is 0 Å². The summed E-state index contributed by atoms with van der Waals surface area (Å²) >= 11 is 10.2. The van der Waals surface area contributed by atoms with E-state index in [0.29, 0.717) is 17.8 Å². The molecule has 19 heteroatoms. The van der Waals surface area contributed by atoms with Crippen molar-refractivity contribution in [3.8, 4) is 101 Å². The molecule has 8 heterocycles. The summed E-state index contributed by atoms with van der Waals surface area (Å²) in [6.07, 6.45) is 14.1. The average Bonchev–Trinajstić information content (AvgIpc) is 1.63. The summed E-state index contributed by atoms with van der Waals surface area (Å²) in [5.74, 6) is 2.06. The molecule has 2 aliphatic heterocycles. The number of nitrogen functional groups attached to an aromatic ring is 2. The van der Waals surface area contributed by atoms with Crippen LogP contribution in [0, 0.1) is 54.2 Å². The van der Waals surface area contributed by atoms with Gasteiger partial charge in [-0.2, -0.15) is 0 Å². The number of nitrogens with two attached hydrogens (primary N) is 2. The molecule has 0 atom stereocenters. The second-order valence-corrected chi connectivity index (χ2v) is 39.2. The topological polar surface area (TPSA) is 166 Å². The van der Waals surface area contributed by atoms with Crippen LogP contribution in [0.1, 0.15) is 114 Å². The zero-order chi connectivity index (χ0) is 97.3. The molecule has 19 rings (SSSR count). The van der Waals surface area contributed by atoms with Crippen molar-refractivity contribution in [2.75, 3.05) is 11.5 Å². The van der Waals surface area contributed by atoms with Crippen LogP contribution in [0.2, 0.25) is 0 Å². The minimum atomic E-state index is -0.300. The van der Waals surface area contributed by atoms with E-state index in [0.717, 1.165) is 134 Å². The van der Waals surface area contributed by atoms with Crippen molar-refractivity contribution in [1.29, 1.82) is 0 Å². The van der Waals surface area contributed by atoms with Gasteiger partial charge in [0, 0.05) is 48.6 Å². The number of nitrogens with zero attached hydrogens (tertiary/aromatic N) is 6. The quantitative estimate of drug-likeness (QED) is 0.0504. The van der Waals surface area contributed by atoms with Gasteiger partial charge >= 0.3 is 54.4 Å². The number of aromatic nitrogens is 6. The SMILES string of the molecule is Brc1cc[c-]c(-c2ccccn2)c1.Brc1cc[c-]c(-c2ccccn2)c1.Brc1cc[c-]c(-c2ccccn2)c1.CC(C)Cc1ccc(-c2cc[c-]c(-c3ccccn3)c2)cc1.CC(C)Cc1ccc(-c2cc[c-]c(-c3ccccn3)c2)cc1.CC(C)Cc1ccc(B2OC(C)(C)C(C)(C)O2)cc1.CC1(C)OB(c2ccc(N)cc2)OC1(C)C.Nc1ccc(-c2cc[c-]c(-c3ccccn3)c2)cc1.[Ir+3].[Ir+3]. The second-order valence-electron chi connectivity index (χ2n) is 36.4. The molecule has 2 fully saturated rings. The second kappa shape index (κ2) is 53.9. The van der Waals surface area contributed by atoms with E-state index >= 15 is 0 Å². The van der Waals surface area contributed by atoms with E-state index in [4.69, 9.17) is 30.1 Å². The molecule has 2 aliphatic rings. The summed E-state index contributed by atoms with van der Waals surface area (Å²) < 4.78 is 27.1. The summed E-state index contributed by atoms with van der Waals surface area (Å²) in [6.45, 7) is 30.0. The van der Waals surface area contributed by atoms with Gasteiger partial charge in [-0.15, -0.1) is 196 Å². The molecule has 0 unspecified atom stereocenters. The van der Waals surface area contributed by atoms with Gasteiger partial charge in [0.15, 0.2) is 0 Å². The van der Waals surface area contributed by atoms with Crippen molar-refractivity contribution >= 4 is 84.3 Å². The van der Waals surface area contributed by atoms with Crippen molar-refractivity contribution in [3.05, 3.63) is 443 Å². The third kappa shape index (κ3) is 34.0. The van der Waals surface area contributed by atoms with E-state index in [1.807, 2.05) is 277 Å². The first kappa shape index (κ1) is 110. The van der Waals surface area contributed by atoms with Crippen LogP contribution in [0.15, 0.2) is 390 Å². The van der Waals surface area contributed by atoms with Crippen LogP contribution < -0.4 is 22.4 Å². The van der Waals surface area contributed by atoms with Crippen LogP contribution in [-0.4, -0.2) is 66.5 Å². The predicted molar refractivity (Wildman–Crippen MR) is 579 cm³/mol. The van der Waals surface area contributed by atoms with Crippen molar-refractivity contribution in [3.63, 3.8) is 0 Å². The fraction of sp³-hybridized carbons (Fsp3) is 0.200. The minimum absolute atomic E-state index is 0. The molecule has 0 radical (unpaired) electrons. The molecule has 11 aromatic carbocycles. The van der Waals surface area contributed by atoms with E-state index in [1.165, 1.54) is 38.9 Å². The Morgan fingerprint density at radius 3 is 0.676 bits per heavy atom. The summed E-state index contributed by atoms with van der Waals surface area (Å²) in [5, 5.41) is 0. The Balaban J connectivity index is 0.000000165. The molecule has 706 valence electrons. The first-order valence-corrected chi connectivity index (χ1v) is 48.5. The molecule has 0 amide bonds. The van der Waals surface area contributed by atoms with E-state index in [9.17, 15) is 0 Å². The van der Waals surface area contributed by atoms with Gasteiger partial charge in [-0.25, -0.2) is 0 Å². The largest absolute Gasteiger partial charge is 3.00 e. The molecule has 4 N–H and O–H groups in total. The van der Waals surface area contributed by atoms with E-state index in [2.05, 4.69) is 286 Å². The van der Waals surface area contributed by atoms with Crippen LogP contribution in [-0.2, 0) is 78.1 Å². The van der Waals surface area contributed by atoms with Gasteiger partial charge in [-0.1, -0.05) is 273 Å². The maximum atomic E-state index is 6.05. The number of halogens is 3. The molecule has 0 aliphatic carbocycles. The Labute approximate surface area is 877 Å². The van der Waals surface area contributed by atoms with Crippen LogP contribution >= 0.6 is 47.8 Å². The molecule has 12 nitrogen and oxygen atoms in total. The zero-order valence-corrected chi connectivity index (χ0v) is 90.6. The maximum Gasteiger partial charge on any atom is 3.00 e. The predicted octanol–water partition coefficient (Wildman–Crippen LogP) is 29.3. The van der Waals surface area contributed by atoms with Crippen LogP contribution in [0.25, 0.3) is 101 Å². The third-order valence-corrected chi connectivity index (χ3v) is 24.5. The standard InChI is InChI=1S/2C21H20N.C17H13N2.C16H25BO2.C12H18BNO2.3C11H7BrN.2Ir/c2*1-16(2)14-17-9-11-18(12-10-17)19-6-5-7-20(15-19)21-8-3-4-13-22-21;18-16-9-7-13(8-10-16)14-4-3-5-15(12-14)17-6-1-2-11-19-17;1-12(2)11-13-7-9-14(10-8-13)17-18-15(3,4)16(5,6)19-17;1-11(2)12(3,4)16-13(15-11)9-5-7-10(14)8-6-9;3*12-10-5-3-4-9(8-10)11-6-1-2-7-13-11;;/h2*3-6,8-13,15-16H,14H2,1-2H3;1-4,6-12H,18H2;7-10,12H,11H2,1-6H3;5-8H,14H2,1-4H3;3*1-3,5-8H;;/q3*-1;;;3*-1;2*+3. The first-order chi connectivity index (χ1) is 65.9. The Hall–Kier alpha value is -11.4. The number of pyridine rings is 6. The molecule has 0 bridgehead atoms. The number of benzene rings is 11. The summed E-state index contributed by atoms with van der Waals surface area (Å²) in [6, 6.07) is 132. The first-order valence-electron chi connectivity index (χ1n) is 46.1. The van der Waals surface area contributed by atoms with E-state index < -0.39 is 0 Å². The van der Waals surface area contributed by atoms with Gasteiger partial charge in [0.1, 0.15) is 0 Å². The Morgan fingerprint density at radius 1 is 0.259 bits per heavy atom. The van der Waals surface area contributed by atoms with Gasteiger partial charge < -0.3 is 60.0 Å². The molecule has 0 spiro atoms. The van der Waals surface area contributed by atoms with Gasteiger partial charge in [-0.3, -0.25) is 0 Å². The molecule has 2 saturated heterocycles. The number of rotatable bonds is 17. The minimum Gasteiger partial charge on any atom is -0.399 e. The Kier molecular flexibility index (Phi) is 42.5. The van der Waals surface area contributed by atoms with Crippen LogP contribution in [0.4, 0.5) is 11.4 Å². The fourth-order valence-electron chi connectivity index (χ4n) is 14.5. The van der Waals surface area contributed by atoms with Crippen molar-refractivity contribution in [2.24, 2.45) is 17.8 Å². The molecule has 6 aromatic heterocycles. The number of anilines is 2. The van der Waals surface area contributed by atoms with Gasteiger partial charge in [0.05, 0.1) is 22.4 Å². The zero-order valence-electron chi connectivity index (χ0n) is 81.1. The van der Waals surface area contributed by atoms with Crippen molar-refractivity contribution < 1.29 is 58.8 Å². The number of hydrogen-bond acceptors (Lipinski definition) is 12. The third-order valence-electron chi connectivity index (χ3n) is 23.1. The van der Waals surface area contributed by atoms with Crippen LogP contribution in [0.3, 0.4) is 0 Å². The molecule has 0 saturated carbocycles. The summed E-state index contributed by atoms with van der Waals surface area (Å²) in [5.41, 5.74) is 37.0. The van der Waals surface area contributed by atoms with Gasteiger partial charge in [0.2, 0.25) is 0 Å². The maximum absolute atomic E-state index is 6.05. The molecular formula is C120H117B2Br3Ir2N8O4. The fourth-order valence-corrected chi connectivity index (χ4v) is 15.5. The summed E-state index contributed by atoms with van der Waals surface area (Å²) in [7, 11) is -0.552. The average molecular weight is 2380 g/mol. The smallest absolute Gasteiger partial charge is 0.399 e. The monoisotopic (exact) mass is 2380 g/mol. The molecule has 17 aromatic rings. The normalized spacial score (nSPS) is 13.1. The van der Waals surface area contributed by atoms with Crippen molar-refractivity contribution in [2.45, 2.75) is 139 Å².